The minimum absolute atomic E-state index is 0.385. The summed E-state index contributed by atoms with van der Waals surface area (Å²) < 4.78 is 2.80. The average molecular weight is 337 g/mol. The van der Waals surface area contributed by atoms with Gasteiger partial charge in [-0.25, -0.2) is 0 Å². The smallest absolute Gasteiger partial charge is 0.239 e. The van der Waals surface area contributed by atoms with Gasteiger partial charge in [-0.2, -0.15) is 5.10 Å². The number of benzene rings is 1. The lowest BCUT2D eigenvalue weighted by atomic mass is 10.1. The highest BCUT2D eigenvalue weighted by atomic mass is 79.9. The third kappa shape index (κ3) is 3.91. The van der Waals surface area contributed by atoms with Crippen LogP contribution in [0.15, 0.2) is 41.1 Å². The van der Waals surface area contributed by atoms with Gasteiger partial charge in [0.25, 0.3) is 0 Å². The highest BCUT2D eigenvalue weighted by Gasteiger charge is 2.16. The molecule has 2 rings (SSSR count). The van der Waals surface area contributed by atoms with E-state index < -0.39 is 6.04 Å². The Bertz CT molecular complexity index is 579. The zero-order valence-corrected chi connectivity index (χ0v) is 12.8. The van der Waals surface area contributed by atoms with Crippen molar-refractivity contribution >= 4 is 21.8 Å². The number of aromatic nitrogens is 2. The van der Waals surface area contributed by atoms with Crippen molar-refractivity contribution in [3.8, 4) is 0 Å². The molecule has 3 N–H and O–H groups in total. The van der Waals surface area contributed by atoms with Crippen LogP contribution in [0.3, 0.4) is 0 Å². The molecule has 0 aliphatic rings. The van der Waals surface area contributed by atoms with E-state index in [9.17, 15) is 4.79 Å². The molecule has 106 valence electrons. The molecule has 0 radical (unpaired) electrons. The molecule has 1 atom stereocenters. The summed E-state index contributed by atoms with van der Waals surface area (Å²) in [4.78, 5) is 11.6. The summed E-state index contributed by atoms with van der Waals surface area (Å²) in [6.07, 6.45) is 3.76. The van der Waals surface area contributed by atoms with Crippen LogP contribution in [0.4, 0.5) is 0 Å². The molecule has 1 aromatic carbocycles. The van der Waals surface area contributed by atoms with Crippen molar-refractivity contribution in [1.29, 1.82) is 0 Å². The Labute approximate surface area is 126 Å². The van der Waals surface area contributed by atoms with Gasteiger partial charge < -0.3 is 11.1 Å². The van der Waals surface area contributed by atoms with Gasteiger partial charge in [-0.3, -0.25) is 9.48 Å². The Hall–Kier alpha value is -1.66. The Balaban J connectivity index is 1.96. The first-order valence-corrected chi connectivity index (χ1v) is 7.13. The molecule has 2 aromatic rings. The van der Waals surface area contributed by atoms with Crippen LogP contribution < -0.4 is 11.1 Å². The molecule has 0 aliphatic carbocycles. The third-order valence-electron chi connectivity index (χ3n) is 2.94. The molecule has 5 nitrogen and oxygen atoms in total. The molecular formula is C14H17BrN4O. The number of carbonyl (C=O) groups is 1. The first-order valence-electron chi connectivity index (χ1n) is 6.33. The van der Waals surface area contributed by atoms with Gasteiger partial charge in [0.2, 0.25) is 5.91 Å². The van der Waals surface area contributed by atoms with Gasteiger partial charge in [0.05, 0.1) is 12.7 Å². The fourth-order valence-corrected chi connectivity index (χ4v) is 2.21. The lowest BCUT2D eigenvalue weighted by Gasteiger charge is -2.16. The number of hydrogen-bond donors (Lipinski definition) is 2. The molecule has 0 saturated heterocycles. The summed E-state index contributed by atoms with van der Waals surface area (Å²) in [6.45, 7) is 3.30. The number of carbonyl (C=O) groups excluding carboxylic acids is 1. The number of nitrogens with zero attached hydrogens (tertiary/aromatic N) is 2. The van der Waals surface area contributed by atoms with Crippen molar-refractivity contribution < 1.29 is 4.79 Å². The Morgan fingerprint density at radius 3 is 2.70 bits per heavy atom. The van der Waals surface area contributed by atoms with E-state index in [2.05, 4.69) is 26.3 Å². The van der Waals surface area contributed by atoms with Crippen molar-refractivity contribution in [1.82, 2.24) is 15.1 Å². The van der Waals surface area contributed by atoms with Crippen LogP contribution in [0.25, 0.3) is 0 Å². The lowest BCUT2D eigenvalue weighted by Crippen LogP contribution is -2.35. The van der Waals surface area contributed by atoms with Crippen LogP contribution >= 0.6 is 15.9 Å². The number of primary amides is 1. The van der Waals surface area contributed by atoms with Crippen molar-refractivity contribution in [3.05, 3.63) is 52.3 Å². The van der Waals surface area contributed by atoms with E-state index in [0.29, 0.717) is 13.1 Å². The number of halogens is 1. The molecule has 0 fully saturated rings. The molecule has 0 bridgehead atoms. The summed E-state index contributed by atoms with van der Waals surface area (Å²) >= 11 is 3.37. The largest absolute Gasteiger partial charge is 0.368 e. The second-order valence-corrected chi connectivity index (χ2v) is 5.54. The maximum Gasteiger partial charge on any atom is 0.239 e. The predicted molar refractivity (Wildman–Crippen MR) is 81.0 cm³/mol. The van der Waals surface area contributed by atoms with Crippen molar-refractivity contribution in [2.75, 3.05) is 6.54 Å². The number of amides is 1. The van der Waals surface area contributed by atoms with E-state index in [0.717, 1.165) is 15.6 Å². The van der Waals surface area contributed by atoms with Crippen LogP contribution in [-0.2, 0) is 11.3 Å². The van der Waals surface area contributed by atoms with E-state index in [1.807, 2.05) is 42.1 Å². The Kier molecular flexibility index (Phi) is 4.92. The fourth-order valence-electron chi connectivity index (χ4n) is 1.95. The number of rotatable bonds is 6. The summed E-state index contributed by atoms with van der Waals surface area (Å²) in [7, 11) is 0. The minimum Gasteiger partial charge on any atom is -0.368 e. The standard InChI is InChI=1S/C14H17BrN4O/c1-10-8-18-19(9-10)7-6-17-13(14(16)20)11-2-4-12(15)5-3-11/h2-5,8-9,13,17H,6-7H2,1H3,(H2,16,20)/t13-/m0/s1. The second-order valence-electron chi connectivity index (χ2n) is 4.62. The van der Waals surface area contributed by atoms with E-state index in [1.54, 1.807) is 6.20 Å². The first-order chi connectivity index (χ1) is 9.56. The van der Waals surface area contributed by atoms with E-state index in [4.69, 9.17) is 5.73 Å². The van der Waals surface area contributed by atoms with Crippen LogP contribution in [0.2, 0.25) is 0 Å². The summed E-state index contributed by atoms with van der Waals surface area (Å²) in [6, 6.07) is 7.06. The topological polar surface area (TPSA) is 72.9 Å². The highest BCUT2D eigenvalue weighted by Crippen LogP contribution is 2.16. The van der Waals surface area contributed by atoms with Gasteiger partial charge in [-0.15, -0.1) is 0 Å². The van der Waals surface area contributed by atoms with Crippen LogP contribution in [0.5, 0.6) is 0 Å². The van der Waals surface area contributed by atoms with Crippen molar-refractivity contribution in [3.63, 3.8) is 0 Å². The second kappa shape index (κ2) is 6.67. The molecule has 0 aliphatic heterocycles. The van der Waals surface area contributed by atoms with Crippen LogP contribution in [-0.4, -0.2) is 22.2 Å². The zero-order chi connectivity index (χ0) is 14.5. The zero-order valence-electron chi connectivity index (χ0n) is 11.2. The van der Waals surface area contributed by atoms with E-state index in [1.165, 1.54) is 0 Å². The van der Waals surface area contributed by atoms with Crippen LogP contribution in [0.1, 0.15) is 17.2 Å². The fraction of sp³-hybridized carbons (Fsp3) is 0.286. The van der Waals surface area contributed by atoms with Gasteiger partial charge in [0.1, 0.15) is 6.04 Å². The Morgan fingerprint density at radius 2 is 2.15 bits per heavy atom. The molecule has 0 saturated carbocycles. The normalized spacial score (nSPS) is 12.3. The van der Waals surface area contributed by atoms with Gasteiger partial charge in [0, 0.05) is 17.2 Å². The number of aryl methyl sites for hydroxylation is 1. The number of nitrogens with two attached hydrogens (primary N) is 1. The van der Waals surface area contributed by atoms with Gasteiger partial charge in [-0.1, -0.05) is 28.1 Å². The molecule has 6 heteroatoms. The molecule has 1 heterocycles. The summed E-state index contributed by atoms with van der Waals surface area (Å²) in [5.74, 6) is -0.385. The van der Waals surface area contributed by atoms with Crippen molar-refractivity contribution in [2.24, 2.45) is 5.73 Å². The SMILES string of the molecule is Cc1cnn(CCN[C@H](C(N)=O)c2ccc(Br)cc2)c1. The third-order valence-corrected chi connectivity index (χ3v) is 3.47. The molecule has 0 spiro atoms. The van der Waals surface area contributed by atoms with Gasteiger partial charge in [0.15, 0.2) is 0 Å². The molecule has 0 unspecified atom stereocenters. The van der Waals surface area contributed by atoms with E-state index >= 15 is 0 Å². The highest BCUT2D eigenvalue weighted by molar-refractivity contribution is 9.10. The molecular weight excluding hydrogens is 320 g/mol. The number of hydrogen-bond acceptors (Lipinski definition) is 3. The quantitative estimate of drug-likeness (QED) is 0.844. The van der Waals surface area contributed by atoms with E-state index in [-0.39, 0.29) is 5.91 Å². The minimum atomic E-state index is -0.486. The predicted octanol–water partition coefficient (Wildman–Crippen LogP) is 1.77. The lowest BCUT2D eigenvalue weighted by molar-refractivity contribution is -0.120. The van der Waals surface area contributed by atoms with Crippen LogP contribution in [0, 0.1) is 6.92 Å². The van der Waals surface area contributed by atoms with Gasteiger partial charge >= 0.3 is 0 Å². The molecule has 1 amide bonds. The summed E-state index contributed by atoms with van der Waals surface area (Å²) in [5, 5.41) is 7.36. The molecule has 1 aromatic heterocycles. The average Bonchev–Trinajstić information content (AvgIpc) is 2.81. The number of nitrogens with one attached hydrogen (secondary N) is 1. The monoisotopic (exact) mass is 336 g/mol. The first kappa shape index (κ1) is 14.7. The van der Waals surface area contributed by atoms with Crippen molar-refractivity contribution in [2.45, 2.75) is 19.5 Å². The maximum absolute atomic E-state index is 11.6. The summed E-state index contributed by atoms with van der Waals surface area (Å²) in [5.41, 5.74) is 7.43. The maximum atomic E-state index is 11.6. The van der Waals surface area contributed by atoms with Gasteiger partial charge in [-0.05, 0) is 30.2 Å². The Morgan fingerprint density at radius 1 is 1.45 bits per heavy atom. The molecule has 20 heavy (non-hydrogen) atoms.